The van der Waals surface area contributed by atoms with E-state index in [0.29, 0.717) is 11.4 Å². The van der Waals surface area contributed by atoms with Crippen LogP contribution in [0.25, 0.3) is 0 Å². The second-order valence-electron chi connectivity index (χ2n) is 4.24. The Morgan fingerprint density at radius 3 is 2.35 bits per heavy atom. The van der Waals surface area contributed by atoms with Crippen LogP contribution in [0.3, 0.4) is 0 Å². The number of nitrogens with zero attached hydrogens (tertiary/aromatic N) is 3. The van der Waals surface area contributed by atoms with Crippen LogP contribution in [-0.4, -0.2) is 27.9 Å². The first-order valence-corrected chi connectivity index (χ1v) is 6.34. The lowest BCUT2D eigenvalue weighted by Crippen LogP contribution is -2.15. The van der Waals surface area contributed by atoms with Crippen LogP contribution in [0.4, 0.5) is 11.8 Å². The highest BCUT2D eigenvalue weighted by atomic mass is 35.5. The highest BCUT2D eigenvalue weighted by molar-refractivity contribution is 6.30. The number of nitrogens with one attached hydrogen (secondary N) is 2. The zero-order valence-corrected chi connectivity index (χ0v) is 12.1. The molecule has 0 aromatic carbocycles. The molecule has 0 bridgehead atoms. The quantitative estimate of drug-likeness (QED) is 0.849. The molecule has 104 valence electrons. The molecule has 6 nitrogen and oxygen atoms in total. The number of hydrogen-bond donors (Lipinski definition) is 2. The van der Waals surface area contributed by atoms with Gasteiger partial charge >= 0.3 is 0 Å². The molecule has 2 N–H and O–H groups in total. The van der Waals surface area contributed by atoms with E-state index in [9.17, 15) is 4.79 Å². The third-order valence-corrected chi connectivity index (χ3v) is 2.71. The number of rotatable bonds is 3. The predicted octanol–water partition coefficient (Wildman–Crippen LogP) is 2.44. The zero-order chi connectivity index (χ0) is 14.7. The summed E-state index contributed by atoms with van der Waals surface area (Å²) in [5.41, 5.74) is 1.96. The monoisotopic (exact) mass is 291 g/mol. The Hall–Kier alpha value is -2.21. The van der Waals surface area contributed by atoms with Crippen molar-refractivity contribution in [3.05, 3.63) is 40.3 Å². The molecule has 2 aromatic heterocycles. The maximum atomic E-state index is 12.2. The summed E-state index contributed by atoms with van der Waals surface area (Å²) in [6.07, 6.45) is 0. The van der Waals surface area contributed by atoms with Crippen LogP contribution in [0.5, 0.6) is 0 Å². The Morgan fingerprint density at radius 2 is 1.75 bits per heavy atom. The molecule has 20 heavy (non-hydrogen) atoms. The molecule has 0 aliphatic carbocycles. The van der Waals surface area contributed by atoms with Crippen LogP contribution in [0.1, 0.15) is 21.7 Å². The highest BCUT2D eigenvalue weighted by Gasteiger charge is 2.11. The van der Waals surface area contributed by atoms with E-state index in [2.05, 4.69) is 25.6 Å². The summed E-state index contributed by atoms with van der Waals surface area (Å²) in [4.78, 5) is 24.5. The number of pyridine rings is 1. The van der Waals surface area contributed by atoms with Gasteiger partial charge in [0.15, 0.2) is 0 Å². The average molecular weight is 292 g/mol. The van der Waals surface area contributed by atoms with E-state index in [4.69, 9.17) is 11.6 Å². The third-order valence-electron chi connectivity index (χ3n) is 2.52. The fraction of sp³-hybridized carbons (Fsp3) is 0.231. The minimum absolute atomic E-state index is 0.239. The molecule has 0 fully saturated rings. The van der Waals surface area contributed by atoms with Crippen molar-refractivity contribution in [3.8, 4) is 0 Å². The van der Waals surface area contributed by atoms with Crippen LogP contribution in [0.15, 0.2) is 18.2 Å². The lowest BCUT2D eigenvalue weighted by molar-refractivity contribution is 0.102. The number of halogens is 1. The van der Waals surface area contributed by atoms with Gasteiger partial charge in [0.25, 0.3) is 5.91 Å². The normalized spacial score (nSPS) is 10.2. The highest BCUT2D eigenvalue weighted by Crippen LogP contribution is 2.15. The van der Waals surface area contributed by atoms with Gasteiger partial charge in [0.05, 0.1) is 0 Å². The average Bonchev–Trinajstić information content (AvgIpc) is 2.36. The summed E-state index contributed by atoms with van der Waals surface area (Å²) >= 11 is 5.86. The molecule has 0 aliphatic rings. The number of aryl methyl sites for hydroxylation is 2. The summed E-state index contributed by atoms with van der Waals surface area (Å²) in [5, 5.41) is 5.72. The Bertz CT molecular complexity index is 639. The first kappa shape index (κ1) is 14.2. The molecule has 0 unspecified atom stereocenters. The van der Waals surface area contributed by atoms with Crippen molar-refractivity contribution in [2.45, 2.75) is 13.8 Å². The lowest BCUT2D eigenvalue weighted by atomic mass is 10.2. The number of aromatic nitrogens is 3. The number of hydrogen-bond acceptors (Lipinski definition) is 5. The maximum Gasteiger partial charge on any atom is 0.258 e. The van der Waals surface area contributed by atoms with Gasteiger partial charge in [-0.25, -0.2) is 15.0 Å². The van der Waals surface area contributed by atoms with Crippen molar-refractivity contribution in [2.75, 3.05) is 17.7 Å². The topological polar surface area (TPSA) is 79.8 Å². The Labute approximate surface area is 121 Å². The molecule has 2 rings (SSSR count). The van der Waals surface area contributed by atoms with Gasteiger partial charge in [0.2, 0.25) is 5.95 Å². The van der Waals surface area contributed by atoms with E-state index in [1.807, 2.05) is 19.9 Å². The van der Waals surface area contributed by atoms with Gasteiger partial charge in [0, 0.05) is 24.0 Å². The second kappa shape index (κ2) is 5.83. The summed E-state index contributed by atoms with van der Waals surface area (Å²) < 4.78 is 0. The van der Waals surface area contributed by atoms with Crippen LogP contribution < -0.4 is 10.6 Å². The molecule has 0 aliphatic heterocycles. The smallest absolute Gasteiger partial charge is 0.258 e. The van der Waals surface area contributed by atoms with Gasteiger partial charge in [-0.15, -0.1) is 0 Å². The molecule has 0 saturated carbocycles. The van der Waals surface area contributed by atoms with Crippen molar-refractivity contribution in [1.29, 1.82) is 0 Å². The molecule has 7 heteroatoms. The Kier molecular flexibility index (Phi) is 4.14. The van der Waals surface area contributed by atoms with Gasteiger partial charge in [0.1, 0.15) is 11.0 Å². The number of carbonyl (C=O) groups is 1. The minimum Gasteiger partial charge on any atom is -0.373 e. The Morgan fingerprint density at radius 1 is 1.10 bits per heavy atom. The molecule has 0 spiro atoms. The van der Waals surface area contributed by atoms with E-state index < -0.39 is 0 Å². The summed E-state index contributed by atoms with van der Waals surface area (Å²) in [6, 6.07) is 4.92. The van der Waals surface area contributed by atoms with E-state index in [0.717, 1.165) is 11.4 Å². The Balaban J connectivity index is 2.25. The standard InChI is InChI=1S/C13H14ClN5O/c1-7-4-8(2)17-13(16-7)19-12(20)9-5-10(14)18-11(6-9)15-3/h4-6H,1-3H3,(H,15,18)(H,16,17,19,20). The minimum atomic E-state index is -0.337. The third kappa shape index (κ3) is 3.42. The SMILES string of the molecule is CNc1cc(C(=O)Nc2nc(C)cc(C)n2)cc(Cl)n1. The predicted molar refractivity (Wildman–Crippen MR) is 78.3 cm³/mol. The summed E-state index contributed by atoms with van der Waals surface area (Å²) in [6.45, 7) is 3.68. The van der Waals surface area contributed by atoms with Crippen LogP contribution in [0.2, 0.25) is 5.15 Å². The van der Waals surface area contributed by atoms with Crippen molar-refractivity contribution in [1.82, 2.24) is 15.0 Å². The molecule has 2 heterocycles. The lowest BCUT2D eigenvalue weighted by Gasteiger charge is -2.07. The second-order valence-corrected chi connectivity index (χ2v) is 4.63. The summed E-state index contributed by atoms with van der Waals surface area (Å²) in [5.74, 6) is 0.450. The molecule has 0 radical (unpaired) electrons. The fourth-order valence-electron chi connectivity index (χ4n) is 1.71. The van der Waals surface area contributed by atoms with Crippen LogP contribution in [-0.2, 0) is 0 Å². The van der Waals surface area contributed by atoms with E-state index in [-0.39, 0.29) is 17.0 Å². The largest absolute Gasteiger partial charge is 0.373 e. The zero-order valence-electron chi connectivity index (χ0n) is 11.4. The van der Waals surface area contributed by atoms with Gasteiger partial charge < -0.3 is 5.32 Å². The van der Waals surface area contributed by atoms with Crippen molar-refractivity contribution < 1.29 is 4.79 Å². The van der Waals surface area contributed by atoms with Gasteiger partial charge in [-0.05, 0) is 32.0 Å². The van der Waals surface area contributed by atoms with Gasteiger partial charge in [-0.3, -0.25) is 10.1 Å². The van der Waals surface area contributed by atoms with Crippen molar-refractivity contribution in [2.24, 2.45) is 0 Å². The van der Waals surface area contributed by atoms with E-state index in [1.165, 1.54) is 6.07 Å². The van der Waals surface area contributed by atoms with Gasteiger partial charge in [-0.1, -0.05) is 11.6 Å². The first-order chi connectivity index (χ1) is 9.47. The molecular formula is C13H14ClN5O. The number of anilines is 2. The number of amides is 1. The van der Waals surface area contributed by atoms with E-state index in [1.54, 1.807) is 13.1 Å². The van der Waals surface area contributed by atoms with Crippen LogP contribution in [0, 0.1) is 13.8 Å². The molecule has 1 amide bonds. The fourth-order valence-corrected chi connectivity index (χ4v) is 1.92. The first-order valence-electron chi connectivity index (χ1n) is 5.97. The molecular weight excluding hydrogens is 278 g/mol. The maximum absolute atomic E-state index is 12.2. The van der Waals surface area contributed by atoms with Crippen molar-refractivity contribution in [3.63, 3.8) is 0 Å². The molecule has 0 saturated heterocycles. The van der Waals surface area contributed by atoms with Crippen LogP contribution >= 0.6 is 11.6 Å². The molecule has 0 atom stereocenters. The molecule has 2 aromatic rings. The van der Waals surface area contributed by atoms with E-state index >= 15 is 0 Å². The summed E-state index contributed by atoms with van der Waals surface area (Å²) in [7, 11) is 1.70. The van der Waals surface area contributed by atoms with Crippen molar-refractivity contribution >= 4 is 29.3 Å². The van der Waals surface area contributed by atoms with Gasteiger partial charge in [-0.2, -0.15) is 0 Å². The number of carbonyl (C=O) groups excluding carboxylic acids is 1.